The molecule has 0 aliphatic rings. The number of benzene rings is 2. The number of amides is 1. The molecule has 0 saturated carbocycles. The van der Waals surface area contributed by atoms with Gasteiger partial charge in [-0.25, -0.2) is 26.3 Å². The summed E-state index contributed by atoms with van der Waals surface area (Å²) in [5.74, 6) is -0.552. The van der Waals surface area contributed by atoms with E-state index in [4.69, 9.17) is 0 Å². The normalized spacial score (nSPS) is 12.0. The summed E-state index contributed by atoms with van der Waals surface area (Å²) in [6, 6.07) is 12.5. The summed E-state index contributed by atoms with van der Waals surface area (Å²) in [6.07, 6.45) is 4.33. The Hall–Kier alpha value is -2.79. The van der Waals surface area contributed by atoms with E-state index in [9.17, 15) is 21.6 Å². The third kappa shape index (κ3) is 7.23. The number of hydrogen-bond acceptors (Lipinski definition) is 5. The topological polar surface area (TPSA) is 121 Å². The maximum Gasteiger partial charge on any atom is 0.248 e. The van der Waals surface area contributed by atoms with Crippen LogP contribution in [0.1, 0.15) is 11.1 Å². The molecular formula is C20H23N3O5S2. The molecule has 2 rings (SSSR count). The van der Waals surface area contributed by atoms with Crippen LogP contribution in [-0.4, -0.2) is 36.3 Å². The van der Waals surface area contributed by atoms with Crippen molar-refractivity contribution in [3.8, 4) is 0 Å². The monoisotopic (exact) mass is 449 g/mol. The van der Waals surface area contributed by atoms with Crippen LogP contribution in [-0.2, 0) is 30.6 Å². The lowest BCUT2D eigenvalue weighted by molar-refractivity contribution is -0.111. The van der Waals surface area contributed by atoms with Gasteiger partial charge in [0, 0.05) is 18.3 Å². The summed E-state index contributed by atoms with van der Waals surface area (Å²) in [6.45, 7) is 3.63. The van der Waals surface area contributed by atoms with Crippen LogP contribution in [0.2, 0.25) is 0 Å². The molecule has 160 valence electrons. The lowest BCUT2D eigenvalue weighted by Crippen LogP contribution is -2.25. The maximum atomic E-state index is 12.1. The molecule has 0 fully saturated rings. The summed E-state index contributed by atoms with van der Waals surface area (Å²) in [5, 5.41) is 2.67. The zero-order valence-corrected chi connectivity index (χ0v) is 18.0. The van der Waals surface area contributed by atoms with E-state index in [1.807, 2.05) is 0 Å². The molecule has 0 bridgehead atoms. The Labute approximate surface area is 176 Å². The third-order valence-electron chi connectivity index (χ3n) is 3.91. The van der Waals surface area contributed by atoms with E-state index in [1.54, 1.807) is 42.5 Å². The molecule has 8 nitrogen and oxygen atoms in total. The molecule has 2 aromatic rings. The Morgan fingerprint density at radius 3 is 2.20 bits per heavy atom. The van der Waals surface area contributed by atoms with Gasteiger partial charge in [-0.3, -0.25) is 4.79 Å². The van der Waals surface area contributed by atoms with Gasteiger partial charge >= 0.3 is 0 Å². The van der Waals surface area contributed by atoms with Crippen LogP contribution in [0, 0.1) is 0 Å². The highest BCUT2D eigenvalue weighted by atomic mass is 32.2. The van der Waals surface area contributed by atoms with Crippen LogP contribution in [0.25, 0.3) is 6.08 Å². The molecule has 3 N–H and O–H groups in total. The quantitative estimate of drug-likeness (QED) is 0.378. The van der Waals surface area contributed by atoms with E-state index in [2.05, 4.69) is 21.3 Å². The number of carbonyl (C=O) groups excluding carboxylic acids is 1. The molecule has 0 unspecified atom stereocenters. The first kappa shape index (κ1) is 23.5. The maximum absolute atomic E-state index is 12.1. The fourth-order valence-corrected chi connectivity index (χ4v) is 4.21. The minimum absolute atomic E-state index is 0.133. The van der Waals surface area contributed by atoms with Crippen LogP contribution in [0.15, 0.2) is 72.2 Å². The minimum Gasteiger partial charge on any atom is -0.323 e. The summed E-state index contributed by atoms with van der Waals surface area (Å²) in [7, 11) is -5.62. The molecule has 0 atom stereocenters. The zero-order chi connectivity index (χ0) is 22.2. The molecule has 0 aliphatic carbocycles. The van der Waals surface area contributed by atoms with Crippen LogP contribution >= 0.6 is 0 Å². The molecule has 1 amide bonds. The summed E-state index contributed by atoms with van der Waals surface area (Å²) < 4.78 is 51.7. The van der Waals surface area contributed by atoms with E-state index < -0.39 is 20.0 Å². The van der Waals surface area contributed by atoms with Crippen molar-refractivity contribution in [2.24, 2.45) is 0 Å². The molecule has 0 spiro atoms. The highest BCUT2D eigenvalue weighted by molar-refractivity contribution is 7.89. The van der Waals surface area contributed by atoms with Crippen molar-refractivity contribution in [2.45, 2.75) is 10.6 Å². The Morgan fingerprint density at radius 2 is 1.63 bits per heavy atom. The second-order valence-electron chi connectivity index (χ2n) is 6.19. The van der Waals surface area contributed by atoms with Gasteiger partial charge in [-0.1, -0.05) is 30.3 Å². The average molecular weight is 450 g/mol. The molecule has 0 heterocycles. The Bertz CT molecular complexity index is 1120. The van der Waals surface area contributed by atoms with Gasteiger partial charge in [0.05, 0.1) is 10.6 Å². The van der Waals surface area contributed by atoms with Gasteiger partial charge in [0.1, 0.15) is 0 Å². The van der Waals surface area contributed by atoms with E-state index in [1.165, 1.54) is 31.3 Å². The van der Waals surface area contributed by atoms with Crippen molar-refractivity contribution in [3.63, 3.8) is 0 Å². The summed E-state index contributed by atoms with van der Waals surface area (Å²) in [4.78, 5) is 12.2. The second kappa shape index (κ2) is 10.3. The molecule has 0 radical (unpaired) electrons. The first-order chi connectivity index (χ1) is 14.1. The largest absolute Gasteiger partial charge is 0.323 e. The van der Waals surface area contributed by atoms with Crippen molar-refractivity contribution >= 4 is 37.7 Å². The Morgan fingerprint density at radius 1 is 1.00 bits per heavy atom. The van der Waals surface area contributed by atoms with Crippen molar-refractivity contribution in [1.29, 1.82) is 0 Å². The number of sulfonamides is 2. The molecule has 0 aromatic heterocycles. The number of hydrogen-bond donors (Lipinski definition) is 3. The van der Waals surface area contributed by atoms with E-state index in [-0.39, 0.29) is 23.1 Å². The first-order valence-corrected chi connectivity index (χ1v) is 12.0. The molecule has 0 aliphatic heterocycles. The van der Waals surface area contributed by atoms with Gasteiger partial charge in [-0.2, -0.15) is 0 Å². The van der Waals surface area contributed by atoms with Gasteiger partial charge in [0.25, 0.3) is 0 Å². The Kier molecular flexibility index (Phi) is 8.07. The van der Waals surface area contributed by atoms with E-state index in [0.717, 1.165) is 0 Å². The van der Waals surface area contributed by atoms with Crippen LogP contribution in [0.4, 0.5) is 5.69 Å². The SMILES string of the molecule is C=CCNS(=O)(=O)Cc1ccc(NC(=O)/C=C/c2ccc(S(=O)(=O)NC)cc2)cc1. The third-order valence-corrected chi connectivity index (χ3v) is 6.66. The molecule has 0 saturated heterocycles. The Balaban J connectivity index is 1.95. The lowest BCUT2D eigenvalue weighted by atomic mass is 10.2. The fraction of sp³-hybridized carbons (Fsp3) is 0.150. The van der Waals surface area contributed by atoms with Crippen molar-refractivity contribution in [2.75, 3.05) is 18.9 Å². The zero-order valence-electron chi connectivity index (χ0n) is 16.3. The van der Waals surface area contributed by atoms with Gasteiger partial charge in [0.2, 0.25) is 26.0 Å². The number of carbonyl (C=O) groups is 1. The standard InChI is InChI=1S/C20H23N3O5S2/c1-3-14-22-29(25,26)15-17-4-9-18(10-5-17)23-20(24)13-8-16-6-11-19(12-7-16)30(27,28)21-2/h3-13,21-22H,1,14-15H2,2H3,(H,23,24)/b13-8+. The molecule has 10 heteroatoms. The summed E-state index contributed by atoms with van der Waals surface area (Å²) >= 11 is 0. The minimum atomic E-state index is -3.51. The van der Waals surface area contributed by atoms with Gasteiger partial charge in [-0.15, -0.1) is 6.58 Å². The van der Waals surface area contributed by atoms with Crippen molar-refractivity contribution < 1.29 is 21.6 Å². The average Bonchev–Trinajstić information content (AvgIpc) is 2.72. The number of nitrogens with one attached hydrogen (secondary N) is 3. The number of rotatable bonds is 10. The van der Waals surface area contributed by atoms with Crippen molar-refractivity contribution in [1.82, 2.24) is 9.44 Å². The van der Waals surface area contributed by atoms with Crippen LogP contribution < -0.4 is 14.8 Å². The molecule has 30 heavy (non-hydrogen) atoms. The van der Waals surface area contributed by atoms with Crippen LogP contribution in [0.5, 0.6) is 0 Å². The second-order valence-corrected chi connectivity index (χ2v) is 9.89. The number of anilines is 1. The lowest BCUT2D eigenvalue weighted by Gasteiger charge is -2.06. The molecular weight excluding hydrogens is 426 g/mol. The molecule has 2 aromatic carbocycles. The van der Waals surface area contributed by atoms with E-state index >= 15 is 0 Å². The first-order valence-electron chi connectivity index (χ1n) is 8.85. The smallest absolute Gasteiger partial charge is 0.248 e. The predicted molar refractivity (Wildman–Crippen MR) is 118 cm³/mol. The van der Waals surface area contributed by atoms with Gasteiger partial charge < -0.3 is 5.32 Å². The highest BCUT2D eigenvalue weighted by Gasteiger charge is 2.11. The summed E-state index contributed by atoms with van der Waals surface area (Å²) in [5.41, 5.74) is 1.75. The van der Waals surface area contributed by atoms with E-state index in [0.29, 0.717) is 16.8 Å². The van der Waals surface area contributed by atoms with Crippen molar-refractivity contribution in [3.05, 3.63) is 78.4 Å². The van der Waals surface area contributed by atoms with Crippen LogP contribution in [0.3, 0.4) is 0 Å². The highest BCUT2D eigenvalue weighted by Crippen LogP contribution is 2.13. The fourth-order valence-electron chi connectivity index (χ4n) is 2.37. The predicted octanol–water partition coefficient (Wildman–Crippen LogP) is 1.85. The van der Waals surface area contributed by atoms with Gasteiger partial charge in [-0.05, 0) is 48.5 Å². The van der Waals surface area contributed by atoms with Gasteiger partial charge in [0.15, 0.2) is 0 Å².